The summed E-state index contributed by atoms with van der Waals surface area (Å²) in [5.41, 5.74) is 2.09. The van der Waals surface area contributed by atoms with Gasteiger partial charge in [0.1, 0.15) is 0 Å². The summed E-state index contributed by atoms with van der Waals surface area (Å²) in [6.45, 7) is 4.58. The van der Waals surface area contributed by atoms with Crippen LogP contribution < -0.4 is 10.3 Å². The van der Waals surface area contributed by atoms with Crippen LogP contribution >= 0.6 is 22.7 Å². The largest absolute Gasteiger partial charge is 0.378 e. The zero-order chi connectivity index (χ0) is 18.8. The normalized spacial score (nSPS) is 14.3. The number of nitrogens with zero attached hydrogens (tertiary/aromatic N) is 1. The fraction of sp³-hybridized carbons (Fsp3) is 0.238. The number of Topliss-reactive ketones (excluding diaryl/α,β-unsaturated/α-hetero) is 1. The summed E-state index contributed by atoms with van der Waals surface area (Å²) in [7, 11) is 0. The van der Waals surface area contributed by atoms with Crippen LogP contribution in [0.25, 0.3) is 20.9 Å². The van der Waals surface area contributed by atoms with E-state index in [1.807, 2.05) is 30.3 Å². The Bertz CT molecular complexity index is 1030. The third-order valence-electron chi connectivity index (χ3n) is 4.46. The van der Waals surface area contributed by atoms with E-state index in [9.17, 15) is 9.59 Å². The molecule has 1 fully saturated rings. The van der Waals surface area contributed by atoms with Gasteiger partial charge in [-0.25, -0.2) is 0 Å². The van der Waals surface area contributed by atoms with Crippen LogP contribution in [0.3, 0.4) is 0 Å². The second-order valence-corrected chi connectivity index (χ2v) is 8.54. The van der Waals surface area contributed by atoms with Crippen LogP contribution in [0.5, 0.6) is 0 Å². The molecule has 6 heteroatoms. The molecule has 0 bridgehead atoms. The van der Waals surface area contributed by atoms with Crippen molar-refractivity contribution in [1.82, 2.24) is 0 Å². The number of ether oxygens (including phenoxy) is 1. The van der Waals surface area contributed by atoms with Gasteiger partial charge < -0.3 is 9.64 Å². The lowest BCUT2D eigenvalue weighted by atomic mass is 10.1. The monoisotopic (exact) mass is 397 g/mol. The minimum absolute atomic E-state index is 0.0191. The minimum atomic E-state index is 0.0191. The SMILES string of the molecule is CC(=O)c1ccc(-c2cccc(-c3cc(=O)cc(N4CCOCC4)s3)c2)s1. The number of rotatable bonds is 4. The Labute approximate surface area is 165 Å². The molecular weight excluding hydrogens is 378 g/mol. The van der Waals surface area contributed by atoms with Crippen LogP contribution in [0.2, 0.25) is 0 Å². The Morgan fingerprint density at radius 1 is 0.963 bits per heavy atom. The molecule has 4 nitrogen and oxygen atoms in total. The van der Waals surface area contributed by atoms with E-state index in [-0.39, 0.29) is 11.2 Å². The highest BCUT2D eigenvalue weighted by Gasteiger charge is 2.14. The molecule has 3 heterocycles. The Kier molecular flexibility index (Phi) is 5.20. The molecule has 4 rings (SSSR count). The summed E-state index contributed by atoms with van der Waals surface area (Å²) in [6, 6.07) is 15.4. The summed E-state index contributed by atoms with van der Waals surface area (Å²) >= 11 is 3.13. The van der Waals surface area contributed by atoms with Gasteiger partial charge in [-0.1, -0.05) is 18.2 Å². The number of ketones is 1. The predicted octanol–water partition coefficient (Wildman–Crippen LogP) is 4.54. The Morgan fingerprint density at radius 2 is 1.70 bits per heavy atom. The fourth-order valence-corrected chi connectivity index (χ4v) is 5.08. The molecule has 1 aliphatic rings. The minimum Gasteiger partial charge on any atom is -0.378 e. The first-order chi connectivity index (χ1) is 13.1. The van der Waals surface area contributed by atoms with E-state index in [0.29, 0.717) is 13.2 Å². The maximum atomic E-state index is 12.3. The Balaban J connectivity index is 1.70. The molecule has 2 aromatic heterocycles. The number of carbonyl (C=O) groups is 1. The van der Waals surface area contributed by atoms with Gasteiger partial charge in [0, 0.05) is 35.0 Å². The number of hydrogen-bond acceptors (Lipinski definition) is 6. The van der Waals surface area contributed by atoms with Gasteiger partial charge in [-0.3, -0.25) is 9.59 Å². The second kappa shape index (κ2) is 7.76. The molecule has 3 aromatic rings. The summed E-state index contributed by atoms with van der Waals surface area (Å²) in [4.78, 5) is 28.8. The quantitative estimate of drug-likeness (QED) is 0.606. The highest BCUT2D eigenvalue weighted by molar-refractivity contribution is 7.19. The van der Waals surface area contributed by atoms with Crippen LogP contribution in [-0.2, 0) is 4.74 Å². The number of hydrogen-bond donors (Lipinski definition) is 0. The molecule has 27 heavy (non-hydrogen) atoms. The number of benzene rings is 1. The van der Waals surface area contributed by atoms with Crippen molar-refractivity contribution in [3.63, 3.8) is 0 Å². The molecule has 0 amide bonds. The van der Waals surface area contributed by atoms with Crippen molar-refractivity contribution >= 4 is 33.5 Å². The van der Waals surface area contributed by atoms with Crippen molar-refractivity contribution in [3.05, 3.63) is 63.6 Å². The van der Waals surface area contributed by atoms with Crippen LogP contribution in [0, 0.1) is 0 Å². The first-order valence-corrected chi connectivity index (χ1v) is 10.4. The average molecular weight is 398 g/mol. The van der Waals surface area contributed by atoms with Gasteiger partial charge in [-0.05, 0) is 36.2 Å². The van der Waals surface area contributed by atoms with Crippen molar-refractivity contribution in [2.45, 2.75) is 6.92 Å². The van der Waals surface area contributed by atoms with Gasteiger partial charge in [-0.2, -0.15) is 0 Å². The van der Waals surface area contributed by atoms with E-state index in [1.54, 1.807) is 30.4 Å². The molecule has 0 saturated carbocycles. The van der Waals surface area contributed by atoms with Gasteiger partial charge in [0.15, 0.2) is 11.2 Å². The van der Waals surface area contributed by atoms with Gasteiger partial charge in [0.05, 0.1) is 23.1 Å². The van der Waals surface area contributed by atoms with E-state index in [1.165, 1.54) is 11.3 Å². The van der Waals surface area contributed by atoms with Crippen LogP contribution in [0.4, 0.5) is 5.00 Å². The van der Waals surface area contributed by atoms with E-state index >= 15 is 0 Å². The molecule has 1 aliphatic heterocycles. The zero-order valence-corrected chi connectivity index (χ0v) is 16.6. The van der Waals surface area contributed by atoms with Crippen molar-refractivity contribution in [2.75, 3.05) is 31.2 Å². The third-order valence-corrected chi connectivity index (χ3v) is 6.85. The van der Waals surface area contributed by atoms with Crippen molar-refractivity contribution in [3.8, 4) is 20.9 Å². The van der Waals surface area contributed by atoms with Crippen molar-refractivity contribution in [2.24, 2.45) is 0 Å². The van der Waals surface area contributed by atoms with Gasteiger partial charge in [-0.15, -0.1) is 22.7 Å². The van der Waals surface area contributed by atoms with E-state index in [2.05, 4.69) is 11.0 Å². The predicted molar refractivity (Wildman–Crippen MR) is 112 cm³/mol. The van der Waals surface area contributed by atoms with Gasteiger partial charge in [0.2, 0.25) is 0 Å². The summed E-state index contributed by atoms with van der Waals surface area (Å²) in [6.07, 6.45) is 0. The maximum Gasteiger partial charge on any atom is 0.182 e. The third kappa shape index (κ3) is 4.03. The summed E-state index contributed by atoms with van der Waals surface area (Å²) in [5.74, 6) is 0.0823. The molecule has 1 saturated heterocycles. The van der Waals surface area contributed by atoms with Crippen molar-refractivity contribution in [1.29, 1.82) is 0 Å². The smallest absolute Gasteiger partial charge is 0.182 e. The van der Waals surface area contributed by atoms with E-state index in [0.717, 1.165) is 43.8 Å². The van der Waals surface area contributed by atoms with E-state index in [4.69, 9.17) is 4.74 Å². The number of morpholine rings is 1. The van der Waals surface area contributed by atoms with Gasteiger partial charge in [0.25, 0.3) is 0 Å². The molecular formula is C21H19NO3S2. The fourth-order valence-electron chi connectivity index (χ4n) is 3.05. The summed E-state index contributed by atoms with van der Waals surface area (Å²) < 4.78 is 5.41. The highest BCUT2D eigenvalue weighted by Crippen LogP contribution is 2.34. The van der Waals surface area contributed by atoms with E-state index < -0.39 is 0 Å². The van der Waals surface area contributed by atoms with Crippen LogP contribution in [0.15, 0.2) is 53.3 Å². The standard InChI is InChI=1S/C21H19NO3S2/c1-14(23)18-5-6-19(26-18)15-3-2-4-16(11-15)20-12-17(24)13-21(27-20)22-7-9-25-10-8-22/h2-6,11-13H,7-10H2,1H3. The molecule has 0 aliphatic carbocycles. The topological polar surface area (TPSA) is 46.6 Å². The van der Waals surface area contributed by atoms with Crippen molar-refractivity contribution < 1.29 is 9.53 Å². The second-order valence-electron chi connectivity index (χ2n) is 6.40. The highest BCUT2D eigenvalue weighted by atomic mass is 32.1. The first-order valence-electron chi connectivity index (χ1n) is 8.79. The Morgan fingerprint density at radius 3 is 2.41 bits per heavy atom. The van der Waals surface area contributed by atoms with Crippen LogP contribution in [-0.4, -0.2) is 32.1 Å². The molecule has 0 atom stereocenters. The lowest BCUT2D eigenvalue weighted by molar-refractivity contribution is 0.102. The van der Waals surface area contributed by atoms with Crippen LogP contribution in [0.1, 0.15) is 16.6 Å². The number of carbonyl (C=O) groups excluding carboxylic acids is 1. The lowest BCUT2D eigenvalue weighted by Crippen LogP contribution is -2.36. The average Bonchev–Trinajstić information content (AvgIpc) is 3.19. The zero-order valence-electron chi connectivity index (χ0n) is 14.9. The molecule has 0 spiro atoms. The molecule has 1 aromatic carbocycles. The molecule has 0 unspecified atom stereocenters. The first kappa shape index (κ1) is 18.1. The molecule has 0 N–H and O–H groups in total. The summed E-state index contributed by atoms with van der Waals surface area (Å²) in [5, 5.41) is 0.987. The van der Waals surface area contributed by atoms with Gasteiger partial charge >= 0.3 is 0 Å². The molecule has 138 valence electrons. The number of anilines is 1. The number of thiophene rings is 1. The molecule has 0 radical (unpaired) electrons. The maximum absolute atomic E-state index is 12.3. The Hall–Kier alpha value is -2.28. The lowest BCUT2D eigenvalue weighted by Gasteiger charge is -2.28.